The summed E-state index contributed by atoms with van der Waals surface area (Å²) in [7, 11) is 1.63. The maximum atomic E-state index is 10.8. The third kappa shape index (κ3) is 3.29. The molecule has 0 fully saturated rings. The van der Waals surface area contributed by atoms with E-state index in [-0.39, 0.29) is 15.8 Å². The van der Waals surface area contributed by atoms with Crippen molar-refractivity contribution in [3.8, 4) is 0 Å². The smallest absolute Gasteiger partial charge is 0.270 e. The molecule has 0 radical (unpaired) electrons. The molecule has 4 N–H and O–H groups in total. The molecule has 0 saturated heterocycles. The molecule has 8 heteroatoms. The largest absolute Gasteiger partial charge is 0.364 e. The summed E-state index contributed by atoms with van der Waals surface area (Å²) >= 11 is 1.83. The molecule has 1 aromatic rings. The van der Waals surface area contributed by atoms with Gasteiger partial charge in [-0.05, 0) is 22.6 Å². The van der Waals surface area contributed by atoms with Crippen molar-refractivity contribution >= 4 is 37.9 Å². The van der Waals surface area contributed by atoms with Crippen molar-refractivity contribution in [2.75, 3.05) is 7.05 Å². The fraction of sp³-hybridized carbons (Fsp3) is 0.250. The Balaban J connectivity index is 2.82. The van der Waals surface area contributed by atoms with Crippen LogP contribution in [0, 0.1) is 5.41 Å². The minimum absolute atomic E-state index is 0.0683. The number of halogens is 1. The highest BCUT2D eigenvalue weighted by atomic mass is 127. The first-order valence-corrected chi connectivity index (χ1v) is 5.35. The van der Waals surface area contributed by atoms with Gasteiger partial charge in [0, 0.05) is 13.1 Å². The van der Waals surface area contributed by atoms with E-state index in [9.17, 15) is 4.79 Å². The van der Waals surface area contributed by atoms with Crippen LogP contribution < -0.4 is 11.2 Å². The Morgan fingerprint density at radius 3 is 2.94 bits per heavy atom. The van der Waals surface area contributed by atoms with E-state index in [1.807, 2.05) is 22.6 Å². The normalized spacial score (nSPS) is 11.2. The highest BCUT2D eigenvalue weighted by Crippen LogP contribution is 2.07. The molecule has 1 heterocycles. The second-order valence-corrected chi connectivity index (χ2v) is 3.89. The Hall–Kier alpha value is -1.45. The molecule has 0 bridgehead atoms. The number of carbonyl (C=O) groups excluding carboxylic acids is 1. The first-order chi connectivity index (χ1) is 7.54. The van der Waals surface area contributed by atoms with Crippen LogP contribution in [0.5, 0.6) is 0 Å². The SMILES string of the molecule is CN/N=C(/Cc1cc(C(N)=O)no1)C(=N)I. The van der Waals surface area contributed by atoms with Crippen molar-refractivity contribution < 1.29 is 9.32 Å². The standard InChI is InChI=1S/C8H10IN5O2/c1-12-13-5(7(9)10)2-4-3-6(8(11)15)14-16-4/h3,10,12H,2H2,1H3,(H2,11,15)/b10-7?,13-5-. The average molecular weight is 335 g/mol. The van der Waals surface area contributed by atoms with Crippen LogP contribution >= 0.6 is 22.6 Å². The second-order valence-electron chi connectivity index (χ2n) is 2.82. The van der Waals surface area contributed by atoms with Crippen molar-refractivity contribution in [2.24, 2.45) is 10.8 Å². The fourth-order valence-electron chi connectivity index (χ4n) is 0.979. The maximum absolute atomic E-state index is 10.8. The number of amides is 1. The van der Waals surface area contributed by atoms with Gasteiger partial charge in [0.2, 0.25) is 0 Å². The van der Waals surface area contributed by atoms with Crippen LogP contribution in [0.3, 0.4) is 0 Å². The molecule has 0 spiro atoms. The zero-order valence-corrected chi connectivity index (χ0v) is 10.6. The number of aromatic nitrogens is 1. The van der Waals surface area contributed by atoms with Gasteiger partial charge < -0.3 is 15.7 Å². The lowest BCUT2D eigenvalue weighted by atomic mass is 10.2. The lowest BCUT2D eigenvalue weighted by Crippen LogP contribution is -2.14. The van der Waals surface area contributed by atoms with Crippen LogP contribution in [0.25, 0.3) is 0 Å². The Labute approximate surface area is 105 Å². The van der Waals surface area contributed by atoms with Gasteiger partial charge in [0.1, 0.15) is 9.48 Å². The topological polar surface area (TPSA) is 117 Å². The molecular formula is C8H10IN5O2. The summed E-state index contributed by atoms with van der Waals surface area (Å²) in [4.78, 5) is 10.8. The summed E-state index contributed by atoms with van der Waals surface area (Å²) in [6, 6.07) is 1.44. The maximum Gasteiger partial charge on any atom is 0.270 e. The molecule has 16 heavy (non-hydrogen) atoms. The first-order valence-electron chi connectivity index (χ1n) is 4.27. The molecule has 1 aromatic heterocycles. The number of hydrazone groups is 1. The molecule has 0 saturated carbocycles. The number of hydrogen-bond acceptors (Lipinski definition) is 6. The van der Waals surface area contributed by atoms with Crippen molar-refractivity contribution in [3.63, 3.8) is 0 Å². The molecule has 0 aliphatic carbocycles. The van der Waals surface area contributed by atoms with Gasteiger partial charge in [-0.2, -0.15) is 5.10 Å². The van der Waals surface area contributed by atoms with Gasteiger partial charge in [-0.3, -0.25) is 10.2 Å². The Morgan fingerprint density at radius 2 is 2.50 bits per heavy atom. The zero-order chi connectivity index (χ0) is 12.1. The average Bonchev–Trinajstić information content (AvgIpc) is 2.65. The minimum Gasteiger partial charge on any atom is -0.364 e. The van der Waals surface area contributed by atoms with E-state index >= 15 is 0 Å². The first kappa shape index (κ1) is 12.6. The van der Waals surface area contributed by atoms with Crippen LogP contribution in [0.15, 0.2) is 15.7 Å². The van der Waals surface area contributed by atoms with E-state index in [0.717, 1.165) is 0 Å². The van der Waals surface area contributed by atoms with Gasteiger partial charge in [0.05, 0.1) is 12.1 Å². The molecule has 86 valence electrons. The lowest BCUT2D eigenvalue weighted by molar-refractivity contribution is 0.0991. The van der Waals surface area contributed by atoms with E-state index in [1.54, 1.807) is 7.05 Å². The van der Waals surface area contributed by atoms with E-state index in [4.69, 9.17) is 15.7 Å². The molecule has 0 aliphatic rings. The minimum atomic E-state index is -0.647. The summed E-state index contributed by atoms with van der Waals surface area (Å²) in [5.41, 5.74) is 8.18. The van der Waals surface area contributed by atoms with E-state index in [2.05, 4.69) is 15.7 Å². The Morgan fingerprint density at radius 1 is 1.81 bits per heavy atom. The number of hydrogen-bond donors (Lipinski definition) is 3. The Kier molecular flexibility index (Phi) is 4.40. The van der Waals surface area contributed by atoms with Crippen molar-refractivity contribution in [2.45, 2.75) is 6.42 Å². The second kappa shape index (κ2) is 5.58. The number of nitrogens with two attached hydrogens (primary N) is 1. The highest BCUT2D eigenvalue weighted by molar-refractivity contribution is 14.1. The molecule has 7 nitrogen and oxygen atoms in total. The Bertz CT molecular complexity index is 439. The lowest BCUT2D eigenvalue weighted by Gasteiger charge is -1.99. The number of rotatable bonds is 5. The van der Waals surface area contributed by atoms with Gasteiger partial charge in [0.15, 0.2) is 5.69 Å². The van der Waals surface area contributed by atoms with Crippen LogP contribution in [-0.4, -0.2) is 27.5 Å². The molecular weight excluding hydrogens is 325 g/mol. The number of primary amides is 1. The van der Waals surface area contributed by atoms with Crippen LogP contribution in [0.4, 0.5) is 0 Å². The van der Waals surface area contributed by atoms with Crippen molar-refractivity contribution in [1.29, 1.82) is 5.41 Å². The predicted octanol–water partition coefficient (Wildman–Crippen LogP) is 0.304. The molecule has 0 atom stereocenters. The molecule has 0 unspecified atom stereocenters. The summed E-state index contributed by atoms with van der Waals surface area (Å²) < 4.78 is 5.17. The van der Waals surface area contributed by atoms with Crippen LogP contribution in [-0.2, 0) is 6.42 Å². The highest BCUT2D eigenvalue weighted by Gasteiger charge is 2.13. The summed E-state index contributed by atoms with van der Waals surface area (Å²) in [5.74, 6) is -0.212. The predicted molar refractivity (Wildman–Crippen MR) is 67.0 cm³/mol. The third-order valence-corrected chi connectivity index (χ3v) is 2.28. The van der Waals surface area contributed by atoms with E-state index in [0.29, 0.717) is 11.5 Å². The summed E-state index contributed by atoms with van der Waals surface area (Å²) in [6.45, 7) is 0. The van der Waals surface area contributed by atoms with E-state index < -0.39 is 5.91 Å². The van der Waals surface area contributed by atoms with E-state index in [1.165, 1.54) is 6.07 Å². The number of carbonyl (C=O) groups is 1. The van der Waals surface area contributed by atoms with Gasteiger partial charge >= 0.3 is 0 Å². The monoisotopic (exact) mass is 335 g/mol. The third-order valence-electron chi connectivity index (χ3n) is 1.65. The van der Waals surface area contributed by atoms with Gasteiger partial charge in [-0.25, -0.2) is 0 Å². The molecule has 0 aromatic carbocycles. The number of nitrogens with zero attached hydrogens (tertiary/aromatic N) is 2. The van der Waals surface area contributed by atoms with Gasteiger partial charge in [-0.1, -0.05) is 5.16 Å². The van der Waals surface area contributed by atoms with Gasteiger partial charge in [0.25, 0.3) is 5.91 Å². The van der Waals surface area contributed by atoms with Gasteiger partial charge in [-0.15, -0.1) is 0 Å². The quantitative estimate of drug-likeness (QED) is 0.408. The summed E-state index contributed by atoms with van der Waals surface area (Å²) in [5, 5.41) is 14.9. The van der Waals surface area contributed by atoms with Crippen LogP contribution in [0.1, 0.15) is 16.2 Å². The zero-order valence-electron chi connectivity index (χ0n) is 8.45. The molecule has 0 aliphatic heterocycles. The fourth-order valence-corrected chi connectivity index (χ4v) is 1.29. The van der Waals surface area contributed by atoms with Crippen molar-refractivity contribution in [1.82, 2.24) is 10.6 Å². The van der Waals surface area contributed by atoms with Crippen LogP contribution in [0.2, 0.25) is 0 Å². The number of nitrogens with one attached hydrogen (secondary N) is 2. The molecule has 1 amide bonds. The molecule has 1 rings (SSSR count). The summed E-state index contributed by atoms with van der Waals surface area (Å²) in [6.07, 6.45) is 0.281. The van der Waals surface area contributed by atoms with Crippen molar-refractivity contribution in [3.05, 3.63) is 17.5 Å².